The molecule has 3 rings (SSSR count). The van der Waals surface area contributed by atoms with Crippen LogP contribution in [0.4, 0.5) is 5.82 Å². The number of carbonyl (C=O) groups excluding carboxylic acids is 1. The molecule has 0 unspecified atom stereocenters. The summed E-state index contributed by atoms with van der Waals surface area (Å²) in [6.07, 6.45) is 4.77. The molecule has 1 aromatic carbocycles. The molecule has 0 radical (unpaired) electrons. The van der Waals surface area contributed by atoms with Gasteiger partial charge in [0.05, 0.1) is 25.2 Å². The zero-order chi connectivity index (χ0) is 16.1. The van der Waals surface area contributed by atoms with Crippen molar-refractivity contribution >= 4 is 11.7 Å². The predicted molar refractivity (Wildman–Crippen MR) is 86.2 cm³/mol. The lowest BCUT2D eigenvalue weighted by molar-refractivity contribution is 0.102. The normalized spacial score (nSPS) is 10.1. The molecule has 0 saturated carbocycles. The third-order valence-electron chi connectivity index (χ3n) is 3.17. The molecule has 0 aliphatic rings. The first kappa shape index (κ1) is 14.6. The maximum absolute atomic E-state index is 12.1. The molecule has 1 N–H and O–H groups in total. The third kappa shape index (κ3) is 3.49. The number of rotatable bonds is 4. The average Bonchev–Trinajstić information content (AvgIpc) is 2.63. The summed E-state index contributed by atoms with van der Waals surface area (Å²) in [5, 5.41) is 2.70. The van der Waals surface area contributed by atoms with E-state index >= 15 is 0 Å². The van der Waals surface area contributed by atoms with Crippen molar-refractivity contribution in [3.8, 4) is 17.1 Å². The monoisotopic (exact) mass is 306 g/mol. The number of hydrogen-bond acceptors (Lipinski definition) is 5. The molecule has 6 heteroatoms. The smallest absolute Gasteiger partial charge is 0.256 e. The molecule has 23 heavy (non-hydrogen) atoms. The molecule has 114 valence electrons. The Bertz CT molecular complexity index is 787. The van der Waals surface area contributed by atoms with Crippen molar-refractivity contribution in [1.82, 2.24) is 15.0 Å². The van der Waals surface area contributed by atoms with Gasteiger partial charge in [-0.15, -0.1) is 0 Å². The first-order valence-corrected chi connectivity index (χ1v) is 6.95. The van der Waals surface area contributed by atoms with Crippen LogP contribution in [0, 0.1) is 0 Å². The van der Waals surface area contributed by atoms with Crippen molar-refractivity contribution in [2.75, 3.05) is 12.4 Å². The zero-order valence-electron chi connectivity index (χ0n) is 12.4. The lowest BCUT2D eigenvalue weighted by Gasteiger charge is -2.06. The van der Waals surface area contributed by atoms with Gasteiger partial charge in [-0.05, 0) is 36.4 Å². The summed E-state index contributed by atoms with van der Waals surface area (Å²) in [6, 6.07) is 12.4. The molecule has 3 aromatic rings. The van der Waals surface area contributed by atoms with Crippen molar-refractivity contribution in [2.24, 2.45) is 0 Å². The molecular weight excluding hydrogens is 292 g/mol. The molecule has 1 amide bonds. The highest BCUT2D eigenvalue weighted by Crippen LogP contribution is 2.15. The van der Waals surface area contributed by atoms with E-state index in [1.54, 1.807) is 43.8 Å². The van der Waals surface area contributed by atoms with Gasteiger partial charge in [0.25, 0.3) is 5.91 Å². The topological polar surface area (TPSA) is 77.0 Å². The van der Waals surface area contributed by atoms with Crippen molar-refractivity contribution in [3.05, 3.63) is 66.6 Å². The number of hydrogen-bond donors (Lipinski definition) is 1. The van der Waals surface area contributed by atoms with E-state index in [1.807, 2.05) is 18.2 Å². The largest absolute Gasteiger partial charge is 0.497 e. The van der Waals surface area contributed by atoms with Gasteiger partial charge in [0.15, 0.2) is 5.82 Å². The van der Waals surface area contributed by atoms with Gasteiger partial charge in [-0.25, -0.2) is 9.97 Å². The number of aromatic nitrogens is 3. The van der Waals surface area contributed by atoms with Crippen LogP contribution in [0.1, 0.15) is 10.4 Å². The highest BCUT2D eigenvalue weighted by atomic mass is 16.5. The Hall–Kier alpha value is -3.28. The minimum atomic E-state index is -0.257. The van der Waals surface area contributed by atoms with Crippen LogP contribution in [0.3, 0.4) is 0 Å². The van der Waals surface area contributed by atoms with Crippen LogP contribution in [-0.4, -0.2) is 28.0 Å². The molecule has 0 bridgehead atoms. The Kier molecular flexibility index (Phi) is 4.24. The first-order chi connectivity index (χ1) is 11.3. The Morgan fingerprint density at radius 1 is 0.957 bits per heavy atom. The van der Waals surface area contributed by atoms with Crippen molar-refractivity contribution in [3.63, 3.8) is 0 Å². The number of benzene rings is 1. The molecule has 0 aliphatic heterocycles. The van der Waals surface area contributed by atoms with Crippen molar-refractivity contribution in [1.29, 1.82) is 0 Å². The van der Waals surface area contributed by atoms with E-state index in [2.05, 4.69) is 20.3 Å². The molecule has 0 aliphatic carbocycles. The SMILES string of the molecule is COc1ccc(C(=O)Nc2cnc(-c3ccccn3)cn2)cc1. The Morgan fingerprint density at radius 2 is 1.78 bits per heavy atom. The van der Waals surface area contributed by atoms with Crippen molar-refractivity contribution in [2.45, 2.75) is 0 Å². The summed E-state index contributed by atoms with van der Waals surface area (Å²) in [5.41, 5.74) is 1.89. The van der Waals surface area contributed by atoms with E-state index in [0.29, 0.717) is 22.8 Å². The second-order valence-corrected chi connectivity index (χ2v) is 4.68. The number of anilines is 1. The van der Waals surface area contributed by atoms with Gasteiger partial charge in [0, 0.05) is 11.8 Å². The molecule has 0 spiro atoms. The molecule has 0 saturated heterocycles. The van der Waals surface area contributed by atoms with Crippen LogP contribution in [-0.2, 0) is 0 Å². The Balaban J connectivity index is 1.71. The summed E-state index contributed by atoms with van der Waals surface area (Å²) in [7, 11) is 1.58. The lowest BCUT2D eigenvalue weighted by atomic mass is 10.2. The fourth-order valence-corrected chi connectivity index (χ4v) is 1.97. The van der Waals surface area contributed by atoms with Gasteiger partial charge in [-0.3, -0.25) is 9.78 Å². The minimum absolute atomic E-state index is 0.257. The van der Waals surface area contributed by atoms with Crippen LogP contribution in [0.5, 0.6) is 5.75 Å². The van der Waals surface area contributed by atoms with Crippen LogP contribution >= 0.6 is 0 Å². The van der Waals surface area contributed by atoms with E-state index in [-0.39, 0.29) is 5.91 Å². The van der Waals surface area contributed by atoms with Gasteiger partial charge in [0.2, 0.25) is 0 Å². The van der Waals surface area contributed by atoms with Gasteiger partial charge >= 0.3 is 0 Å². The van der Waals surface area contributed by atoms with E-state index in [9.17, 15) is 4.79 Å². The molecule has 0 fully saturated rings. The van der Waals surface area contributed by atoms with Gasteiger partial charge in [0.1, 0.15) is 11.4 Å². The summed E-state index contributed by atoms with van der Waals surface area (Å²) in [6.45, 7) is 0. The predicted octanol–water partition coefficient (Wildman–Crippen LogP) is 2.80. The first-order valence-electron chi connectivity index (χ1n) is 6.95. The standard InChI is InChI=1S/C17H14N4O2/c1-23-13-7-5-12(6-8-13)17(22)21-16-11-19-15(10-20-16)14-4-2-3-9-18-14/h2-11H,1H3,(H,20,21,22). The van der Waals surface area contributed by atoms with Crippen molar-refractivity contribution < 1.29 is 9.53 Å². The summed E-state index contributed by atoms with van der Waals surface area (Å²) in [5.74, 6) is 0.819. The van der Waals surface area contributed by atoms with Gasteiger partial charge < -0.3 is 10.1 Å². The second-order valence-electron chi connectivity index (χ2n) is 4.68. The maximum atomic E-state index is 12.1. The molecule has 2 heterocycles. The van der Waals surface area contributed by atoms with E-state index in [4.69, 9.17) is 4.74 Å². The van der Waals surface area contributed by atoms with Crippen LogP contribution in [0.2, 0.25) is 0 Å². The van der Waals surface area contributed by atoms with E-state index < -0.39 is 0 Å². The number of nitrogens with zero attached hydrogens (tertiary/aromatic N) is 3. The Morgan fingerprint density at radius 3 is 2.39 bits per heavy atom. The van der Waals surface area contributed by atoms with E-state index in [0.717, 1.165) is 5.69 Å². The summed E-state index contributed by atoms with van der Waals surface area (Å²) < 4.78 is 5.06. The van der Waals surface area contributed by atoms with Crippen LogP contribution in [0.15, 0.2) is 61.1 Å². The number of carbonyl (C=O) groups is 1. The van der Waals surface area contributed by atoms with Gasteiger partial charge in [-0.2, -0.15) is 0 Å². The van der Waals surface area contributed by atoms with E-state index in [1.165, 1.54) is 6.20 Å². The number of ether oxygens (including phenoxy) is 1. The van der Waals surface area contributed by atoms with Crippen LogP contribution in [0.25, 0.3) is 11.4 Å². The molecular formula is C17H14N4O2. The number of amides is 1. The number of methoxy groups -OCH3 is 1. The number of pyridine rings is 1. The molecule has 2 aromatic heterocycles. The lowest BCUT2D eigenvalue weighted by Crippen LogP contribution is -2.13. The van der Waals surface area contributed by atoms with Crippen LogP contribution < -0.4 is 10.1 Å². The fourth-order valence-electron chi connectivity index (χ4n) is 1.97. The maximum Gasteiger partial charge on any atom is 0.256 e. The van der Waals surface area contributed by atoms with Gasteiger partial charge in [-0.1, -0.05) is 6.07 Å². The summed E-state index contributed by atoms with van der Waals surface area (Å²) >= 11 is 0. The highest BCUT2D eigenvalue weighted by Gasteiger charge is 2.08. The second kappa shape index (κ2) is 6.65. The summed E-state index contributed by atoms with van der Waals surface area (Å²) in [4.78, 5) is 24.8. The fraction of sp³-hybridized carbons (Fsp3) is 0.0588. The highest BCUT2D eigenvalue weighted by molar-refractivity contribution is 6.03. The minimum Gasteiger partial charge on any atom is -0.497 e. The Labute approximate surface area is 133 Å². The quantitative estimate of drug-likeness (QED) is 0.802. The zero-order valence-corrected chi connectivity index (χ0v) is 12.4. The third-order valence-corrected chi connectivity index (χ3v) is 3.17. The average molecular weight is 306 g/mol. The molecule has 6 nitrogen and oxygen atoms in total. The number of nitrogens with one attached hydrogen (secondary N) is 1. The molecule has 0 atom stereocenters.